The van der Waals surface area contributed by atoms with Crippen molar-refractivity contribution in [1.82, 2.24) is 0 Å². The number of halogens is 3. The number of ether oxygens (including phenoxy) is 1. The number of benzene rings is 1. The zero-order chi connectivity index (χ0) is 14.5. The molecule has 4 N–H and O–H groups in total. The number of fused-ring (bicyclic) bond motifs is 1. The van der Waals surface area contributed by atoms with Crippen LogP contribution in [0.25, 0.3) is 0 Å². The van der Waals surface area contributed by atoms with E-state index >= 15 is 0 Å². The van der Waals surface area contributed by atoms with Crippen LogP contribution in [0.1, 0.15) is 24.4 Å². The molecule has 1 saturated carbocycles. The molecule has 7 heteroatoms. The van der Waals surface area contributed by atoms with Crippen LogP contribution in [0.3, 0.4) is 0 Å². The lowest BCUT2D eigenvalue weighted by molar-refractivity contribution is -0.00249. The summed E-state index contributed by atoms with van der Waals surface area (Å²) in [6.45, 7) is 0. The van der Waals surface area contributed by atoms with E-state index in [9.17, 15) is 13.2 Å². The molecule has 1 aliphatic carbocycles. The van der Waals surface area contributed by atoms with Gasteiger partial charge in [-0.3, -0.25) is 0 Å². The van der Waals surface area contributed by atoms with Crippen molar-refractivity contribution in [1.29, 1.82) is 0 Å². The van der Waals surface area contributed by atoms with Crippen LogP contribution in [0.15, 0.2) is 23.2 Å². The lowest BCUT2D eigenvalue weighted by atomic mass is 9.89. The van der Waals surface area contributed by atoms with Crippen LogP contribution < -0.4 is 11.5 Å². The van der Waals surface area contributed by atoms with Gasteiger partial charge >= 0.3 is 0 Å². The molecule has 0 radical (unpaired) electrons. The van der Waals surface area contributed by atoms with Gasteiger partial charge in [-0.05, 0) is 18.2 Å². The molecule has 20 heavy (non-hydrogen) atoms. The number of nitrogens with zero attached hydrogens (tertiary/aromatic N) is 1. The molecule has 0 bridgehead atoms. The molecule has 1 aromatic rings. The molecule has 108 valence electrons. The number of hydrogen-bond acceptors (Lipinski definition) is 4. The summed E-state index contributed by atoms with van der Waals surface area (Å²) in [5, 5.41) is 0. The molecule has 1 aromatic carbocycles. The van der Waals surface area contributed by atoms with Crippen LogP contribution >= 0.6 is 0 Å². The predicted molar refractivity (Wildman–Crippen MR) is 67.7 cm³/mol. The lowest BCUT2D eigenvalue weighted by Gasteiger charge is -2.30. The number of amidine groups is 1. The Morgan fingerprint density at radius 2 is 2.00 bits per heavy atom. The van der Waals surface area contributed by atoms with E-state index in [0.29, 0.717) is 5.69 Å². The van der Waals surface area contributed by atoms with Crippen LogP contribution in [-0.4, -0.2) is 18.0 Å². The van der Waals surface area contributed by atoms with Crippen LogP contribution in [-0.2, 0) is 4.74 Å². The number of aliphatic imine (C=N–C) groups is 1. The van der Waals surface area contributed by atoms with Crippen LogP contribution in [0.5, 0.6) is 0 Å². The highest BCUT2D eigenvalue weighted by molar-refractivity contribution is 5.73. The van der Waals surface area contributed by atoms with Crippen molar-refractivity contribution in [2.45, 2.75) is 30.9 Å². The van der Waals surface area contributed by atoms with Crippen molar-refractivity contribution in [3.8, 4) is 0 Å². The Labute approximate surface area is 113 Å². The summed E-state index contributed by atoms with van der Waals surface area (Å²) in [4.78, 5) is 4.01. The minimum Gasteiger partial charge on any atom is -0.461 e. The first-order chi connectivity index (χ1) is 9.35. The van der Waals surface area contributed by atoms with E-state index in [4.69, 9.17) is 16.2 Å². The van der Waals surface area contributed by atoms with E-state index in [-0.39, 0.29) is 11.6 Å². The Balaban J connectivity index is 2.02. The molecule has 0 amide bonds. The first kappa shape index (κ1) is 13.1. The standard InChI is InChI=1S/C13H14F3N3O/c14-9-2-1-6(17)3-7(9)11-8-4-13(15,16)5-10(8)20-12(18)19-11/h1-3,8,10-11H,4-5,17H2,(H2,18,19)/t8?,10-,11-/m1/s1. The van der Waals surface area contributed by atoms with Gasteiger partial charge in [0.15, 0.2) is 0 Å². The van der Waals surface area contributed by atoms with Gasteiger partial charge in [0.2, 0.25) is 0 Å². The van der Waals surface area contributed by atoms with Crippen molar-refractivity contribution in [2.24, 2.45) is 16.6 Å². The Hall–Kier alpha value is -1.92. The van der Waals surface area contributed by atoms with Gasteiger partial charge in [0, 0.05) is 30.0 Å². The molecule has 0 spiro atoms. The van der Waals surface area contributed by atoms with Gasteiger partial charge in [0.25, 0.3) is 11.9 Å². The Morgan fingerprint density at radius 1 is 1.25 bits per heavy atom. The van der Waals surface area contributed by atoms with Gasteiger partial charge in [-0.1, -0.05) is 0 Å². The third kappa shape index (κ3) is 2.17. The number of alkyl halides is 2. The summed E-state index contributed by atoms with van der Waals surface area (Å²) in [7, 11) is 0. The minimum absolute atomic E-state index is 0.184. The molecule has 2 aliphatic rings. The van der Waals surface area contributed by atoms with Crippen molar-refractivity contribution in [3.63, 3.8) is 0 Å². The predicted octanol–water partition coefficient (Wildman–Crippen LogP) is 2.21. The third-order valence-electron chi connectivity index (χ3n) is 3.79. The average molecular weight is 285 g/mol. The quantitative estimate of drug-likeness (QED) is 0.777. The number of anilines is 1. The van der Waals surface area contributed by atoms with E-state index in [0.717, 1.165) is 0 Å². The van der Waals surface area contributed by atoms with Gasteiger partial charge in [0.05, 0.1) is 6.04 Å². The van der Waals surface area contributed by atoms with E-state index in [1.54, 1.807) is 0 Å². The summed E-state index contributed by atoms with van der Waals surface area (Å²) >= 11 is 0. The molecule has 1 fully saturated rings. The monoisotopic (exact) mass is 285 g/mol. The lowest BCUT2D eigenvalue weighted by Crippen LogP contribution is -2.36. The van der Waals surface area contributed by atoms with Crippen LogP contribution in [0.4, 0.5) is 18.9 Å². The fourth-order valence-corrected chi connectivity index (χ4v) is 2.96. The van der Waals surface area contributed by atoms with E-state index in [2.05, 4.69) is 4.99 Å². The molecule has 0 aromatic heterocycles. The molecule has 3 atom stereocenters. The van der Waals surface area contributed by atoms with E-state index in [1.165, 1.54) is 18.2 Å². The number of hydrogen-bond donors (Lipinski definition) is 2. The zero-order valence-corrected chi connectivity index (χ0v) is 10.5. The number of nitrogens with two attached hydrogens (primary N) is 2. The second kappa shape index (κ2) is 4.29. The maximum Gasteiger partial charge on any atom is 0.282 e. The molecule has 0 saturated heterocycles. The fraction of sp³-hybridized carbons (Fsp3) is 0.462. The van der Waals surface area contributed by atoms with Gasteiger partial charge in [-0.15, -0.1) is 0 Å². The first-order valence-corrected chi connectivity index (χ1v) is 6.28. The Morgan fingerprint density at radius 3 is 2.75 bits per heavy atom. The average Bonchev–Trinajstić information content (AvgIpc) is 2.65. The maximum absolute atomic E-state index is 13.9. The summed E-state index contributed by atoms with van der Waals surface area (Å²) in [6, 6.07) is 3.05. The number of nitrogen functional groups attached to an aromatic ring is 1. The highest BCUT2D eigenvalue weighted by Crippen LogP contribution is 2.49. The molecule has 4 nitrogen and oxygen atoms in total. The van der Waals surface area contributed by atoms with E-state index in [1.807, 2.05) is 0 Å². The SMILES string of the molecule is NC1=N[C@H](c2cc(N)ccc2F)C2CC(F)(F)C[C@H]2O1. The molecule has 1 aliphatic heterocycles. The molecule has 3 rings (SSSR count). The zero-order valence-electron chi connectivity index (χ0n) is 10.5. The first-order valence-electron chi connectivity index (χ1n) is 6.28. The van der Waals surface area contributed by atoms with Crippen LogP contribution in [0.2, 0.25) is 0 Å². The fourth-order valence-electron chi connectivity index (χ4n) is 2.96. The Kier molecular flexibility index (Phi) is 2.81. The highest BCUT2D eigenvalue weighted by Gasteiger charge is 2.53. The van der Waals surface area contributed by atoms with Gasteiger partial charge in [0.1, 0.15) is 11.9 Å². The summed E-state index contributed by atoms with van der Waals surface area (Å²) in [6.07, 6.45) is -1.56. The van der Waals surface area contributed by atoms with Crippen molar-refractivity contribution in [2.75, 3.05) is 5.73 Å². The largest absolute Gasteiger partial charge is 0.461 e. The second-order valence-electron chi connectivity index (χ2n) is 5.28. The Bertz CT molecular complexity index is 576. The van der Waals surface area contributed by atoms with Gasteiger partial charge in [-0.2, -0.15) is 0 Å². The van der Waals surface area contributed by atoms with E-state index < -0.39 is 42.6 Å². The summed E-state index contributed by atoms with van der Waals surface area (Å²) in [5.74, 6) is -3.98. The van der Waals surface area contributed by atoms with Crippen molar-refractivity contribution >= 4 is 11.7 Å². The normalized spacial score (nSPS) is 31.4. The van der Waals surface area contributed by atoms with Gasteiger partial charge < -0.3 is 16.2 Å². The molecule has 1 unspecified atom stereocenters. The molecular formula is C13H14F3N3O. The van der Waals surface area contributed by atoms with Crippen LogP contribution in [0, 0.1) is 11.7 Å². The minimum atomic E-state index is -2.84. The summed E-state index contributed by atoms with van der Waals surface area (Å²) < 4.78 is 46.2. The second-order valence-corrected chi connectivity index (χ2v) is 5.28. The molecular weight excluding hydrogens is 271 g/mol. The van der Waals surface area contributed by atoms with Gasteiger partial charge in [-0.25, -0.2) is 18.2 Å². The number of rotatable bonds is 1. The maximum atomic E-state index is 13.9. The van der Waals surface area contributed by atoms with Crippen molar-refractivity contribution in [3.05, 3.63) is 29.6 Å². The highest BCUT2D eigenvalue weighted by atomic mass is 19.3. The molecule has 1 heterocycles. The summed E-state index contributed by atoms with van der Waals surface area (Å²) in [5.41, 5.74) is 11.7. The van der Waals surface area contributed by atoms with Crippen molar-refractivity contribution < 1.29 is 17.9 Å². The topological polar surface area (TPSA) is 73.6 Å². The third-order valence-corrected chi connectivity index (χ3v) is 3.79. The smallest absolute Gasteiger partial charge is 0.282 e.